The Morgan fingerprint density at radius 2 is 1.34 bits per heavy atom. The van der Waals surface area contributed by atoms with E-state index in [1.807, 2.05) is 37.3 Å². The predicted octanol–water partition coefficient (Wildman–Crippen LogP) is 7.46. The number of rotatable bonds is 3. The normalized spacial score (nSPS) is 11.8. The molecule has 0 atom stereocenters. The van der Waals surface area contributed by atoms with Crippen molar-refractivity contribution in [2.24, 2.45) is 0 Å². The second-order valence-corrected chi connectivity index (χ2v) is 7.19. The highest BCUT2D eigenvalue weighted by Crippen LogP contribution is 2.33. The van der Waals surface area contributed by atoms with Crippen LogP contribution in [-0.2, 0) is 12.6 Å². The van der Waals surface area contributed by atoms with Gasteiger partial charge in [0, 0.05) is 10.9 Å². The SMILES string of the molecule is CCc1cc(-c2ccc(-c3ccc(C)cc3)cc2)nc2ccc(C(F)(F)F)cc12. The van der Waals surface area contributed by atoms with Gasteiger partial charge in [0.25, 0.3) is 0 Å². The molecule has 1 heterocycles. The summed E-state index contributed by atoms with van der Waals surface area (Å²) in [5.41, 5.74) is 5.97. The molecule has 146 valence electrons. The van der Waals surface area contributed by atoms with E-state index in [0.717, 1.165) is 34.0 Å². The van der Waals surface area contributed by atoms with Crippen molar-refractivity contribution in [2.75, 3.05) is 0 Å². The van der Waals surface area contributed by atoms with Gasteiger partial charge in [-0.3, -0.25) is 0 Å². The Morgan fingerprint density at radius 1 is 0.759 bits per heavy atom. The third kappa shape index (κ3) is 3.88. The van der Waals surface area contributed by atoms with Gasteiger partial charge in [-0.15, -0.1) is 0 Å². The van der Waals surface area contributed by atoms with Gasteiger partial charge in [-0.05, 0) is 54.3 Å². The van der Waals surface area contributed by atoms with Crippen LogP contribution in [0.15, 0.2) is 72.8 Å². The molecule has 0 amide bonds. The summed E-state index contributed by atoms with van der Waals surface area (Å²) in [7, 11) is 0. The summed E-state index contributed by atoms with van der Waals surface area (Å²) >= 11 is 0. The highest BCUT2D eigenvalue weighted by molar-refractivity contribution is 5.86. The number of benzene rings is 3. The Labute approximate surface area is 167 Å². The van der Waals surface area contributed by atoms with E-state index in [1.165, 1.54) is 17.7 Å². The second kappa shape index (κ2) is 7.36. The third-order valence-corrected chi connectivity index (χ3v) is 5.17. The average Bonchev–Trinajstić information content (AvgIpc) is 2.72. The van der Waals surface area contributed by atoms with Gasteiger partial charge < -0.3 is 0 Å². The van der Waals surface area contributed by atoms with Crippen molar-refractivity contribution >= 4 is 10.9 Å². The number of alkyl halides is 3. The number of fused-ring (bicyclic) bond motifs is 1. The first-order valence-corrected chi connectivity index (χ1v) is 9.53. The zero-order valence-electron chi connectivity index (χ0n) is 16.2. The Balaban J connectivity index is 1.74. The molecule has 0 fully saturated rings. The monoisotopic (exact) mass is 391 g/mol. The molecule has 3 aromatic carbocycles. The molecular formula is C25H20F3N. The molecule has 0 saturated heterocycles. The van der Waals surface area contributed by atoms with Gasteiger partial charge in [-0.25, -0.2) is 4.98 Å². The first-order valence-electron chi connectivity index (χ1n) is 9.53. The smallest absolute Gasteiger partial charge is 0.248 e. The lowest BCUT2D eigenvalue weighted by atomic mass is 9.98. The van der Waals surface area contributed by atoms with Crippen LogP contribution >= 0.6 is 0 Å². The minimum Gasteiger partial charge on any atom is -0.248 e. The topological polar surface area (TPSA) is 12.9 Å². The van der Waals surface area contributed by atoms with Crippen LogP contribution in [0.5, 0.6) is 0 Å². The van der Waals surface area contributed by atoms with E-state index in [-0.39, 0.29) is 0 Å². The van der Waals surface area contributed by atoms with Crippen LogP contribution in [0.3, 0.4) is 0 Å². The lowest BCUT2D eigenvalue weighted by molar-refractivity contribution is -0.137. The lowest BCUT2D eigenvalue weighted by Crippen LogP contribution is -2.05. The van der Waals surface area contributed by atoms with Crippen molar-refractivity contribution in [3.05, 3.63) is 89.5 Å². The Kier molecular flexibility index (Phi) is 4.87. The summed E-state index contributed by atoms with van der Waals surface area (Å²) < 4.78 is 39.2. The molecule has 0 bridgehead atoms. The zero-order valence-corrected chi connectivity index (χ0v) is 16.2. The quantitative estimate of drug-likeness (QED) is 0.353. The lowest BCUT2D eigenvalue weighted by Gasteiger charge is -2.12. The summed E-state index contributed by atoms with van der Waals surface area (Å²) in [5.74, 6) is 0. The number of aromatic nitrogens is 1. The number of pyridine rings is 1. The summed E-state index contributed by atoms with van der Waals surface area (Å²) in [6.45, 7) is 4.00. The maximum atomic E-state index is 13.1. The van der Waals surface area contributed by atoms with Gasteiger partial charge in [0.2, 0.25) is 0 Å². The minimum atomic E-state index is -4.36. The molecule has 0 aliphatic rings. The fourth-order valence-electron chi connectivity index (χ4n) is 3.49. The van der Waals surface area contributed by atoms with E-state index in [1.54, 1.807) is 0 Å². The van der Waals surface area contributed by atoms with E-state index in [2.05, 4.69) is 36.2 Å². The zero-order chi connectivity index (χ0) is 20.6. The molecular weight excluding hydrogens is 371 g/mol. The van der Waals surface area contributed by atoms with Crippen LogP contribution in [0.1, 0.15) is 23.6 Å². The molecule has 4 heteroatoms. The van der Waals surface area contributed by atoms with Crippen molar-refractivity contribution < 1.29 is 13.2 Å². The summed E-state index contributed by atoms with van der Waals surface area (Å²) in [6, 6.07) is 22.1. The van der Waals surface area contributed by atoms with E-state index in [9.17, 15) is 13.2 Å². The minimum absolute atomic E-state index is 0.558. The standard InChI is InChI=1S/C25H20F3N/c1-3-17-14-24(29-23-13-12-21(15-22(17)23)25(26,27)28)20-10-8-19(9-11-20)18-6-4-16(2)5-7-18/h4-15H,3H2,1-2H3. The van der Waals surface area contributed by atoms with Crippen LogP contribution in [0.25, 0.3) is 33.3 Å². The largest absolute Gasteiger partial charge is 0.416 e. The van der Waals surface area contributed by atoms with Gasteiger partial charge in [-0.1, -0.05) is 61.0 Å². The van der Waals surface area contributed by atoms with E-state index < -0.39 is 11.7 Å². The number of halogens is 3. The Bertz CT molecular complexity index is 1160. The highest BCUT2D eigenvalue weighted by atomic mass is 19.4. The summed E-state index contributed by atoms with van der Waals surface area (Å²) in [4.78, 5) is 4.62. The fourth-order valence-corrected chi connectivity index (χ4v) is 3.49. The van der Waals surface area contributed by atoms with Gasteiger partial charge in [0.15, 0.2) is 0 Å². The molecule has 1 aromatic heterocycles. The van der Waals surface area contributed by atoms with Crippen LogP contribution in [0, 0.1) is 6.92 Å². The van der Waals surface area contributed by atoms with Gasteiger partial charge in [0.1, 0.15) is 0 Å². The van der Waals surface area contributed by atoms with Crippen LogP contribution in [0.2, 0.25) is 0 Å². The first kappa shape index (κ1) is 19.2. The van der Waals surface area contributed by atoms with Crippen molar-refractivity contribution in [3.63, 3.8) is 0 Å². The van der Waals surface area contributed by atoms with Crippen molar-refractivity contribution in [2.45, 2.75) is 26.4 Å². The molecule has 0 aliphatic heterocycles. The van der Waals surface area contributed by atoms with Crippen molar-refractivity contribution in [1.82, 2.24) is 4.98 Å². The molecule has 0 radical (unpaired) electrons. The molecule has 0 spiro atoms. The molecule has 4 rings (SSSR count). The Hall–Kier alpha value is -3.14. The van der Waals surface area contributed by atoms with E-state index >= 15 is 0 Å². The molecule has 0 aliphatic carbocycles. The van der Waals surface area contributed by atoms with Crippen molar-refractivity contribution in [1.29, 1.82) is 0 Å². The maximum absolute atomic E-state index is 13.1. The van der Waals surface area contributed by atoms with E-state index in [0.29, 0.717) is 17.3 Å². The third-order valence-electron chi connectivity index (χ3n) is 5.17. The van der Waals surface area contributed by atoms with Gasteiger partial charge in [0.05, 0.1) is 16.8 Å². The van der Waals surface area contributed by atoms with Gasteiger partial charge in [-0.2, -0.15) is 13.2 Å². The number of nitrogens with zero attached hydrogens (tertiary/aromatic N) is 1. The summed E-state index contributed by atoms with van der Waals surface area (Å²) in [6.07, 6.45) is -3.72. The molecule has 0 unspecified atom stereocenters. The molecule has 4 aromatic rings. The van der Waals surface area contributed by atoms with Crippen LogP contribution in [-0.4, -0.2) is 4.98 Å². The maximum Gasteiger partial charge on any atom is 0.416 e. The number of hydrogen-bond acceptors (Lipinski definition) is 1. The fraction of sp³-hybridized carbons (Fsp3) is 0.160. The molecule has 1 nitrogen and oxygen atoms in total. The number of hydrogen-bond donors (Lipinski definition) is 0. The predicted molar refractivity (Wildman–Crippen MR) is 112 cm³/mol. The van der Waals surface area contributed by atoms with E-state index in [4.69, 9.17) is 0 Å². The second-order valence-electron chi connectivity index (χ2n) is 7.19. The molecule has 0 N–H and O–H groups in total. The van der Waals surface area contributed by atoms with Crippen molar-refractivity contribution in [3.8, 4) is 22.4 Å². The summed E-state index contributed by atoms with van der Waals surface area (Å²) in [5, 5.41) is 0.558. The first-order chi connectivity index (χ1) is 13.8. The van der Waals surface area contributed by atoms with Crippen LogP contribution < -0.4 is 0 Å². The van der Waals surface area contributed by atoms with Gasteiger partial charge >= 0.3 is 6.18 Å². The molecule has 0 saturated carbocycles. The number of aryl methyl sites for hydroxylation is 2. The van der Waals surface area contributed by atoms with Crippen LogP contribution in [0.4, 0.5) is 13.2 Å². The Morgan fingerprint density at radius 3 is 1.93 bits per heavy atom. The highest BCUT2D eigenvalue weighted by Gasteiger charge is 2.30. The average molecular weight is 391 g/mol. The molecule has 29 heavy (non-hydrogen) atoms.